The lowest BCUT2D eigenvalue weighted by atomic mass is 10.2. The second-order valence-electron chi connectivity index (χ2n) is 4.61. The molecule has 2 aromatic rings. The Labute approximate surface area is 126 Å². The van der Waals surface area contributed by atoms with Crippen LogP contribution in [0.1, 0.15) is 34.3 Å². The molecule has 0 bridgehead atoms. The van der Waals surface area contributed by atoms with Crippen molar-refractivity contribution >= 4 is 34.7 Å². The van der Waals surface area contributed by atoms with Gasteiger partial charge in [0.15, 0.2) is 0 Å². The zero-order valence-electron chi connectivity index (χ0n) is 10.4. The van der Waals surface area contributed by atoms with Gasteiger partial charge in [-0.25, -0.2) is 4.98 Å². The minimum atomic E-state index is 0.611. The summed E-state index contributed by atoms with van der Waals surface area (Å²) in [7, 11) is 0. The number of aromatic nitrogens is 1. The molecular weight excluding hydrogens is 296 g/mol. The van der Waals surface area contributed by atoms with E-state index in [0.717, 1.165) is 20.7 Å². The van der Waals surface area contributed by atoms with Crippen LogP contribution in [-0.4, -0.2) is 4.98 Å². The van der Waals surface area contributed by atoms with Gasteiger partial charge >= 0.3 is 0 Å². The summed E-state index contributed by atoms with van der Waals surface area (Å²) in [5.41, 5.74) is 7.06. The van der Waals surface area contributed by atoms with Gasteiger partial charge in [0.2, 0.25) is 0 Å². The Balaban J connectivity index is 1.71. The molecule has 100 valence electrons. The number of thioether (sulfide) groups is 1. The molecule has 0 radical (unpaired) electrons. The van der Waals surface area contributed by atoms with Crippen LogP contribution in [0.2, 0.25) is 5.02 Å². The van der Waals surface area contributed by atoms with Crippen LogP contribution in [0, 0.1) is 0 Å². The second kappa shape index (κ2) is 5.83. The maximum atomic E-state index is 6.16. The van der Waals surface area contributed by atoms with Gasteiger partial charge < -0.3 is 5.73 Å². The highest BCUT2D eigenvalue weighted by Gasteiger charge is 2.29. The third kappa shape index (κ3) is 3.14. The van der Waals surface area contributed by atoms with Crippen molar-refractivity contribution < 1.29 is 0 Å². The van der Waals surface area contributed by atoms with Crippen molar-refractivity contribution in [2.24, 2.45) is 5.73 Å². The first-order valence-corrected chi connectivity index (χ1v) is 8.52. The van der Waals surface area contributed by atoms with Crippen molar-refractivity contribution in [2.75, 3.05) is 0 Å². The van der Waals surface area contributed by atoms with Gasteiger partial charge in [-0.3, -0.25) is 0 Å². The van der Waals surface area contributed by atoms with Crippen molar-refractivity contribution in [3.63, 3.8) is 0 Å². The summed E-state index contributed by atoms with van der Waals surface area (Å²) in [4.78, 5) is 7.14. The Hall–Kier alpha value is -0.550. The molecule has 0 unspecified atom stereocenters. The first kappa shape index (κ1) is 13.4. The molecule has 0 saturated heterocycles. The molecule has 1 aromatic carbocycles. The van der Waals surface area contributed by atoms with Crippen LogP contribution in [0.15, 0.2) is 29.2 Å². The van der Waals surface area contributed by atoms with Crippen LogP contribution in [0.25, 0.3) is 0 Å². The molecule has 0 spiro atoms. The molecule has 5 heteroatoms. The molecule has 2 nitrogen and oxygen atoms in total. The first-order chi connectivity index (χ1) is 9.28. The van der Waals surface area contributed by atoms with Crippen molar-refractivity contribution in [3.8, 4) is 0 Å². The summed E-state index contributed by atoms with van der Waals surface area (Å²) in [6.45, 7) is 0.611. The Morgan fingerprint density at radius 3 is 2.84 bits per heavy atom. The predicted octanol–water partition coefficient (Wildman–Crippen LogP) is 4.42. The lowest BCUT2D eigenvalue weighted by Crippen LogP contribution is -1.96. The van der Waals surface area contributed by atoms with E-state index in [2.05, 4.69) is 0 Å². The van der Waals surface area contributed by atoms with Crippen LogP contribution >= 0.6 is 34.7 Å². The average molecular weight is 311 g/mol. The molecule has 1 heterocycles. The Kier molecular flexibility index (Phi) is 4.12. The number of halogens is 1. The molecule has 1 aliphatic carbocycles. The summed E-state index contributed by atoms with van der Waals surface area (Å²) in [5, 5.41) is 1.97. The van der Waals surface area contributed by atoms with Gasteiger partial charge in [0.25, 0.3) is 0 Å². The van der Waals surface area contributed by atoms with E-state index in [0.29, 0.717) is 12.5 Å². The fraction of sp³-hybridized carbons (Fsp3) is 0.357. The molecule has 2 N–H and O–H groups in total. The van der Waals surface area contributed by atoms with Gasteiger partial charge in [-0.2, -0.15) is 0 Å². The number of nitrogens with zero attached hydrogens (tertiary/aromatic N) is 1. The normalized spacial score (nSPS) is 14.8. The number of hydrogen-bond donors (Lipinski definition) is 1. The molecule has 1 aromatic heterocycles. The van der Waals surface area contributed by atoms with Gasteiger partial charge in [-0.05, 0) is 25.0 Å². The summed E-state index contributed by atoms with van der Waals surface area (Å²) >= 11 is 9.65. The molecular formula is C14H15ClN2S2. The highest BCUT2D eigenvalue weighted by atomic mass is 35.5. The maximum absolute atomic E-state index is 6.16. The molecule has 1 fully saturated rings. The largest absolute Gasteiger partial charge is 0.326 e. The van der Waals surface area contributed by atoms with Crippen molar-refractivity contribution in [1.82, 2.24) is 4.98 Å². The minimum absolute atomic E-state index is 0.611. The number of thiazole rings is 1. The van der Waals surface area contributed by atoms with Crippen LogP contribution in [0.4, 0.5) is 0 Å². The quantitative estimate of drug-likeness (QED) is 0.831. The Morgan fingerprint density at radius 1 is 1.37 bits per heavy atom. The van der Waals surface area contributed by atoms with E-state index in [-0.39, 0.29) is 0 Å². The standard InChI is InChI=1S/C14H15ClN2S2/c15-10-3-1-2-4-11(10)18-8-13-17-14(9-5-6-9)12(7-16)19-13/h1-4,9H,5-8,16H2. The van der Waals surface area contributed by atoms with Crippen LogP contribution in [-0.2, 0) is 12.3 Å². The molecule has 1 aliphatic rings. The molecule has 0 aliphatic heterocycles. The number of benzene rings is 1. The molecule has 19 heavy (non-hydrogen) atoms. The van der Waals surface area contributed by atoms with Crippen molar-refractivity contribution in [2.45, 2.75) is 36.0 Å². The number of rotatable bonds is 5. The zero-order chi connectivity index (χ0) is 13.2. The molecule has 0 atom stereocenters. The van der Waals surface area contributed by atoms with E-state index in [9.17, 15) is 0 Å². The minimum Gasteiger partial charge on any atom is -0.326 e. The maximum Gasteiger partial charge on any atom is 0.103 e. The van der Waals surface area contributed by atoms with Crippen molar-refractivity contribution in [1.29, 1.82) is 0 Å². The van der Waals surface area contributed by atoms with Crippen LogP contribution in [0.3, 0.4) is 0 Å². The monoisotopic (exact) mass is 310 g/mol. The average Bonchev–Trinajstić information content (AvgIpc) is 3.18. The number of hydrogen-bond acceptors (Lipinski definition) is 4. The second-order valence-corrected chi connectivity index (χ2v) is 7.21. The lowest BCUT2D eigenvalue weighted by Gasteiger charge is -2.01. The van der Waals surface area contributed by atoms with Crippen LogP contribution < -0.4 is 5.73 Å². The zero-order valence-corrected chi connectivity index (χ0v) is 12.8. The fourth-order valence-corrected chi connectivity index (χ4v) is 4.26. The fourth-order valence-electron chi connectivity index (χ4n) is 2.00. The van der Waals surface area contributed by atoms with Gasteiger partial charge in [0.1, 0.15) is 5.01 Å². The third-order valence-corrected chi connectivity index (χ3v) is 5.91. The molecule has 1 saturated carbocycles. The van der Waals surface area contributed by atoms with E-state index in [1.165, 1.54) is 23.4 Å². The Bertz CT molecular complexity index is 579. The van der Waals surface area contributed by atoms with E-state index >= 15 is 0 Å². The first-order valence-electron chi connectivity index (χ1n) is 6.34. The van der Waals surface area contributed by atoms with Gasteiger partial charge in [-0.1, -0.05) is 23.7 Å². The van der Waals surface area contributed by atoms with E-state index in [1.54, 1.807) is 23.1 Å². The Morgan fingerprint density at radius 2 is 2.16 bits per heavy atom. The van der Waals surface area contributed by atoms with Crippen LogP contribution in [0.5, 0.6) is 0 Å². The topological polar surface area (TPSA) is 38.9 Å². The van der Waals surface area contributed by atoms with Crippen molar-refractivity contribution in [3.05, 3.63) is 44.9 Å². The summed E-state index contributed by atoms with van der Waals surface area (Å²) in [6, 6.07) is 7.93. The molecule has 0 amide bonds. The van der Waals surface area contributed by atoms with Gasteiger partial charge in [-0.15, -0.1) is 23.1 Å². The summed E-state index contributed by atoms with van der Waals surface area (Å²) in [6.07, 6.45) is 2.54. The summed E-state index contributed by atoms with van der Waals surface area (Å²) in [5.74, 6) is 1.54. The summed E-state index contributed by atoms with van der Waals surface area (Å²) < 4.78 is 0. The van der Waals surface area contributed by atoms with E-state index in [1.807, 2.05) is 24.3 Å². The molecule has 3 rings (SSSR count). The smallest absolute Gasteiger partial charge is 0.103 e. The SMILES string of the molecule is NCc1sc(CSc2ccccc2Cl)nc1C1CC1. The van der Waals surface area contributed by atoms with E-state index < -0.39 is 0 Å². The number of nitrogens with two attached hydrogens (primary N) is 1. The van der Waals surface area contributed by atoms with E-state index in [4.69, 9.17) is 22.3 Å². The highest BCUT2D eigenvalue weighted by molar-refractivity contribution is 7.98. The lowest BCUT2D eigenvalue weighted by molar-refractivity contribution is 0.968. The highest BCUT2D eigenvalue weighted by Crippen LogP contribution is 2.43. The van der Waals surface area contributed by atoms with Gasteiger partial charge in [0.05, 0.1) is 16.5 Å². The predicted molar refractivity (Wildman–Crippen MR) is 83.0 cm³/mol. The van der Waals surface area contributed by atoms with Gasteiger partial charge in [0, 0.05) is 22.2 Å². The third-order valence-electron chi connectivity index (χ3n) is 3.11.